The maximum Gasteiger partial charge on any atom is 0.255 e. The van der Waals surface area contributed by atoms with E-state index in [2.05, 4.69) is 5.32 Å². The van der Waals surface area contributed by atoms with Crippen LogP contribution in [0.5, 0.6) is 0 Å². The first-order valence-electron chi connectivity index (χ1n) is 5.29. The monoisotopic (exact) mass is 220 g/mol. The predicted octanol–water partition coefficient (Wildman–Crippen LogP) is 1.10. The topological polar surface area (TPSA) is 32.3 Å². The number of rotatable bonds is 3. The van der Waals surface area contributed by atoms with Crippen molar-refractivity contribution in [2.24, 2.45) is 5.92 Å². The fourth-order valence-corrected chi connectivity index (χ4v) is 1.96. The highest BCUT2D eigenvalue weighted by atomic mass is 19.3. The lowest BCUT2D eigenvalue weighted by Crippen LogP contribution is -2.48. The largest absolute Gasteiger partial charge is 0.340 e. The standard InChI is InChI=1S/C10H18F2N2O/c1-7-8(4-3-5-13-7)10(15)14(2)6-9(11)12/h7-9,13H,3-6H2,1-2H3. The van der Waals surface area contributed by atoms with Crippen LogP contribution in [-0.2, 0) is 4.79 Å². The third-order valence-corrected chi connectivity index (χ3v) is 2.87. The van der Waals surface area contributed by atoms with E-state index < -0.39 is 13.0 Å². The summed E-state index contributed by atoms with van der Waals surface area (Å²) in [6.45, 7) is 2.36. The molecule has 88 valence electrons. The van der Waals surface area contributed by atoms with E-state index >= 15 is 0 Å². The highest BCUT2D eigenvalue weighted by Crippen LogP contribution is 2.18. The van der Waals surface area contributed by atoms with E-state index in [1.807, 2.05) is 6.92 Å². The minimum absolute atomic E-state index is 0.0892. The summed E-state index contributed by atoms with van der Waals surface area (Å²) in [5, 5.41) is 3.19. The minimum Gasteiger partial charge on any atom is -0.340 e. The molecule has 0 saturated carbocycles. The number of carbonyl (C=O) groups excluding carboxylic acids is 1. The van der Waals surface area contributed by atoms with Crippen molar-refractivity contribution in [1.82, 2.24) is 10.2 Å². The summed E-state index contributed by atoms with van der Waals surface area (Å²) in [6.07, 6.45) is -0.727. The van der Waals surface area contributed by atoms with Gasteiger partial charge in [-0.1, -0.05) is 0 Å². The molecule has 1 amide bonds. The lowest BCUT2D eigenvalue weighted by atomic mass is 9.91. The summed E-state index contributed by atoms with van der Waals surface area (Å²) < 4.78 is 24.2. The summed E-state index contributed by atoms with van der Waals surface area (Å²) in [5.74, 6) is -0.322. The van der Waals surface area contributed by atoms with Gasteiger partial charge in [0.05, 0.1) is 12.5 Å². The average Bonchev–Trinajstić information content (AvgIpc) is 2.16. The van der Waals surface area contributed by atoms with E-state index in [-0.39, 0.29) is 17.9 Å². The molecule has 0 spiro atoms. The van der Waals surface area contributed by atoms with Gasteiger partial charge in [-0.3, -0.25) is 4.79 Å². The van der Waals surface area contributed by atoms with Gasteiger partial charge in [0.15, 0.2) is 0 Å². The van der Waals surface area contributed by atoms with Gasteiger partial charge in [-0.15, -0.1) is 0 Å². The zero-order valence-electron chi connectivity index (χ0n) is 9.17. The van der Waals surface area contributed by atoms with Gasteiger partial charge in [0, 0.05) is 13.1 Å². The molecule has 15 heavy (non-hydrogen) atoms. The summed E-state index contributed by atoms with van der Waals surface area (Å²) in [6, 6.07) is 0.0892. The van der Waals surface area contributed by atoms with Crippen LogP contribution in [0.3, 0.4) is 0 Å². The van der Waals surface area contributed by atoms with Crippen LogP contribution in [0.1, 0.15) is 19.8 Å². The van der Waals surface area contributed by atoms with Crippen LogP contribution in [0, 0.1) is 5.92 Å². The lowest BCUT2D eigenvalue weighted by molar-refractivity contribution is -0.137. The van der Waals surface area contributed by atoms with Crippen molar-refractivity contribution >= 4 is 5.91 Å². The van der Waals surface area contributed by atoms with Crippen LogP contribution >= 0.6 is 0 Å². The Morgan fingerprint density at radius 3 is 2.80 bits per heavy atom. The molecule has 3 nitrogen and oxygen atoms in total. The van der Waals surface area contributed by atoms with Gasteiger partial charge in [-0.25, -0.2) is 8.78 Å². The van der Waals surface area contributed by atoms with Crippen LogP contribution in [-0.4, -0.2) is 43.4 Å². The number of nitrogens with zero attached hydrogens (tertiary/aromatic N) is 1. The van der Waals surface area contributed by atoms with Crippen molar-refractivity contribution in [3.8, 4) is 0 Å². The molecule has 2 atom stereocenters. The van der Waals surface area contributed by atoms with E-state index in [0.717, 1.165) is 24.3 Å². The number of piperidine rings is 1. The molecular formula is C10H18F2N2O. The average molecular weight is 220 g/mol. The van der Waals surface area contributed by atoms with E-state index in [1.165, 1.54) is 7.05 Å². The second kappa shape index (κ2) is 5.39. The molecule has 1 aliphatic heterocycles. The molecule has 0 aromatic heterocycles. The van der Waals surface area contributed by atoms with Crippen molar-refractivity contribution in [3.05, 3.63) is 0 Å². The molecule has 1 N–H and O–H groups in total. The van der Waals surface area contributed by atoms with Crippen LogP contribution in [0.4, 0.5) is 8.78 Å². The Labute approximate surface area is 88.8 Å². The second-order valence-electron chi connectivity index (χ2n) is 4.10. The summed E-state index contributed by atoms with van der Waals surface area (Å²) >= 11 is 0. The highest BCUT2D eigenvalue weighted by Gasteiger charge is 2.30. The Morgan fingerprint density at radius 2 is 2.27 bits per heavy atom. The Hall–Kier alpha value is -0.710. The summed E-state index contributed by atoms with van der Waals surface area (Å²) in [7, 11) is 1.44. The molecule has 1 fully saturated rings. The Morgan fingerprint density at radius 1 is 1.60 bits per heavy atom. The quantitative estimate of drug-likeness (QED) is 0.772. The number of carbonyl (C=O) groups is 1. The van der Waals surface area contributed by atoms with Crippen LogP contribution in [0.2, 0.25) is 0 Å². The third-order valence-electron chi connectivity index (χ3n) is 2.87. The fraction of sp³-hybridized carbons (Fsp3) is 0.900. The Bertz CT molecular complexity index is 223. The normalized spacial score (nSPS) is 26.7. The first kappa shape index (κ1) is 12.4. The van der Waals surface area contributed by atoms with E-state index in [0.29, 0.717) is 0 Å². The maximum atomic E-state index is 12.1. The molecule has 1 aliphatic rings. The Kier molecular flexibility index (Phi) is 4.45. The van der Waals surface area contributed by atoms with Gasteiger partial charge >= 0.3 is 0 Å². The van der Waals surface area contributed by atoms with Gasteiger partial charge in [0.1, 0.15) is 0 Å². The van der Waals surface area contributed by atoms with Crippen LogP contribution in [0.15, 0.2) is 0 Å². The number of hydrogen-bond donors (Lipinski definition) is 1. The smallest absolute Gasteiger partial charge is 0.255 e. The SMILES string of the molecule is CC1NCCCC1C(=O)N(C)CC(F)F. The third kappa shape index (κ3) is 3.41. The van der Waals surface area contributed by atoms with Crippen LogP contribution in [0.25, 0.3) is 0 Å². The molecule has 0 bridgehead atoms. The van der Waals surface area contributed by atoms with Gasteiger partial charge in [-0.2, -0.15) is 0 Å². The number of hydrogen-bond acceptors (Lipinski definition) is 2. The van der Waals surface area contributed by atoms with Crippen molar-refractivity contribution in [2.45, 2.75) is 32.2 Å². The van der Waals surface area contributed by atoms with Crippen molar-refractivity contribution in [2.75, 3.05) is 20.1 Å². The van der Waals surface area contributed by atoms with Crippen molar-refractivity contribution < 1.29 is 13.6 Å². The zero-order chi connectivity index (χ0) is 11.4. The fourth-order valence-electron chi connectivity index (χ4n) is 1.96. The Balaban J connectivity index is 2.50. The highest BCUT2D eigenvalue weighted by molar-refractivity contribution is 5.79. The zero-order valence-corrected chi connectivity index (χ0v) is 9.17. The minimum atomic E-state index is -2.45. The van der Waals surface area contributed by atoms with E-state index in [1.54, 1.807) is 0 Å². The second-order valence-corrected chi connectivity index (χ2v) is 4.10. The number of alkyl halides is 2. The van der Waals surface area contributed by atoms with Crippen LogP contribution < -0.4 is 5.32 Å². The molecule has 5 heteroatoms. The van der Waals surface area contributed by atoms with Gasteiger partial charge in [-0.05, 0) is 26.3 Å². The summed E-state index contributed by atoms with van der Waals surface area (Å²) in [4.78, 5) is 12.9. The van der Waals surface area contributed by atoms with Gasteiger partial charge in [0.2, 0.25) is 5.91 Å². The van der Waals surface area contributed by atoms with Gasteiger partial charge in [0.25, 0.3) is 6.43 Å². The van der Waals surface area contributed by atoms with E-state index in [9.17, 15) is 13.6 Å². The van der Waals surface area contributed by atoms with Crippen molar-refractivity contribution in [1.29, 1.82) is 0 Å². The molecule has 0 aromatic carbocycles. The molecule has 1 rings (SSSR count). The number of amides is 1. The molecule has 1 saturated heterocycles. The van der Waals surface area contributed by atoms with E-state index in [4.69, 9.17) is 0 Å². The molecule has 2 unspecified atom stereocenters. The lowest BCUT2D eigenvalue weighted by Gasteiger charge is -2.32. The molecular weight excluding hydrogens is 202 g/mol. The summed E-state index contributed by atoms with van der Waals surface area (Å²) in [5.41, 5.74) is 0. The number of halogens is 2. The first-order chi connectivity index (χ1) is 7.02. The maximum absolute atomic E-state index is 12.1. The molecule has 1 heterocycles. The first-order valence-corrected chi connectivity index (χ1v) is 5.29. The molecule has 0 radical (unpaired) electrons. The van der Waals surface area contributed by atoms with Crippen molar-refractivity contribution in [3.63, 3.8) is 0 Å². The molecule has 0 aromatic rings. The van der Waals surface area contributed by atoms with Gasteiger partial charge < -0.3 is 10.2 Å². The predicted molar refractivity (Wildman–Crippen MR) is 53.8 cm³/mol. The molecule has 0 aliphatic carbocycles. The number of nitrogens with one attached hydrogen (secondary N) is 1.